The molecule has 0 rings (SSSR count). The van der Waals surface area contributed by atoms with Crippen molar-refractivity contribution in [1.29, 1.82) is 0 Å². The van der Waals surface area contributed by atoms with Crippen LogP contribution in [0.15, 0.2) is 0 Å². The minimum atomic E-state index is -0.997. The van der Waals surface area contributed by atoms with Gasteiger partial charge in [-0.3, -0.25) is 0 Å². The highest BCUT2D eigenvalue weighted by molar-refractivity contribution is 5.82. The maximum Gasteiger partial charge on any atom is 0.326 e. The summed E-state index contributed by atoms with van der Waals surface area (Å²) in [5.41, 5.74) is -0.328. The first-order valence-electron chi connectivity index (χ1n) is 5.99. The number of carbonyl (C=O) groups excluding carboxylic acids is 1. The largest absolute Gasteiger partial charge is 0.480 e. The third kappa shape index (κ3) is 6.81. The molecular formula is C12H24N2O3. The Morgan fingerprint density at radius 3 is 2.18 bits per heavy atom. The lowest BCUT2D eigenvalue weighted by atomic mass is 10.0. The van der Waals surface area contributed by atoms with Crippen LogP contribution in [0.4, 0.5) is 4.79 Å². The van der Waals surface area contributed by atoms with Gasteiger partial charge in [-0.25, -0.2) is 9.59 Å². The van der Waals surface area contributed by atoms with E-state index >= 15 is 0 Å². The Kier molecular flexibility index (Phi) is 5.99. The van der Waals surface area contributed by atoms with Crippen LogP contribution < -0.4 is 10.6 Å². The van der Waals surface area contributed by atoms with Crippen LogP contribution in [0, 0.1) is 5.92 Å². The molecular weight excluding hydrogens is 220 g/mol. The number of nitrogens with one attached hydrogen (secondary N) is 2. The summed E-state index contributed by atoms with van der Waals surface area (Å²) in [4.78, 5) is 22.6. The number of carboxylic acid groups (broad SMARTS) is 1. The van der Waals surface area contributed by atoms with Gasteiger partial charge in [0, 0.05) is 5.54 Å². The predicted octanol–water partition coefficient (Wildman–Crippen LogP) is 1.97. The van der Waals surface area contributed by atoms with Gasteiger partial charge in [0.15, 0.2) is 0 Å². The lowest BCUT2D eigenvalue weighted by molar-refractivity contribution is -0.139. The van der Waals surface area contributed by atoms with Crippen molar-refractivity contribution in [2.45, 2.75) is 59.0 Å². The number of carbonyl (C=O) groups is 2. The Labute approximate surface area is 103 Å². The zero-order valence-corrected chi connectivity index (χ0v) is 11.3. The van der Waals surface area contributed by atoms with Crippen molar-refractivity contribution < 1.29 is 14.7 Å². The standard InChI is InChI=1S/C12H24N2O3/c1-6-12(4,5)14-11(17)13-9(10(15)16)7-8(2)3/h8-9H,6-7H2,1-5H3,(H,15,16)(H2,13,14,17). The lowest BCUT2D eigenvalue weighted by Gasteiger charge is -2.26. The molecule has 2 amide bonds. The summed E-state index contributed by atoms with van der Waals surface area (Å²) in [6.45, 7) is 9.59. The van der Waals surface area contributed by atoms with Crippen molar-refractivity contribution in [3.63, 3.8) is 0 Å². The Balaban J connectivity index is 4.37. The van der Waals surface area contributed by atoms with Crippen molar-refractivity contribution >= 4 is 12.0 Å². The van der Waals surface area contributed by atoms with Crippen LogP contribution >= 0.6 is 0 Å². The van der Waals surface area contributed by atoms with Crippen molar-refractivity contribution in [1.82, 2.24) is 10.6 Å². The number of urea groups is 1. The van der Waals surface area contributed by atoms with Crippen LogP contribution in [-0.4, -0.2) is 28.7 Å². The second-order valence-corrected chi connectivity index (χ2v) is 5.36. The highest BCUT2D eigenvalue weighted by Gasteiger charge is 2.24. The van der Waals surface area contributed by atoms with Gasteiger partial charge in [-0.1, -0.05) is 20.8 Å². The fourth-order valence-corrected chi connectivity index (χ4v) is 1.28. The zero-order chi connectivity index (χ0) is 13.6. The van der Waals surface area contributed by atoms with E-state index in [1.807, 2.05) is 34.6 Å². The van der Waals surface area contributed by atoms with E-state index < -0.39 is 18.0 Å². The van der Waals surface area contributed by atoms with Crippen LogP contribution in [0.25, 0.3) is 0 Å². The van der Waals surface area contributed by atoms with Gasteiger partial charge >= 0.3 is 12.0 Å². The third-order valence-corrected chi connectivity index (χ3v) is 2.65. The molecule has 5 nitrogen and oxygen atoms in total. The van der Waals surface area contributed by atoms with E-state index in [-0.39, 0.29) is 11.5 Å². The Morgan fingerprint density at radius 2 is 1.82 bits per heavy atom. The first-order chi connectivity index (χ1) is 7.68. The minimum absolute atomic E-state index is 0.218. The maximum absolute atomic E-state index is 11.6. The molecule has 0 heterocycles. The molecule has 0 bridgehead atoms. The monoisotopic (exact) mass is 244 g/mol. The highest BCUT2D eigenvalue weighted by Crippen LogP contribution is 2.08. The summed E-state index contributed by atoms with van der Waals surface area (Å²) in [5.74, 6) is -0.779. The zero-order valence-electron chi connectivity index (χ0n) is 11.3. The average Bonchev–Trinajstić information content (AvgIpc) is 2.15. The maximum atomic E-state index is 11.6. The number of carboxylic acids is 1. The summed E-state index contributed by atoms with van der Waals surface area (Å²) in [6, 6.07) is -1.26. The van der Waals surface area contributed by atoms with E-state index in [0.717, 1.165) is 6.42 Å². The van der Waals surface area contributed by atoms with E-state index in [0.29, 0.717) is 6.42 Å². The van der Waals surface area contributed by atoms with Crippen LogP contribution in [0.2, 0.25) is 0 Å². The van der Waals surface area contributed by atoms with Crippen LogP contribution in [0.1, 0.15) is 47.5 Å². The number of hydrogen-bond acceptors (Lipinski definition) is 2. The van der Waals surface area contributed by atoms with Gasteiger partial charge in [0.25, 0.3) is 0 Å². The predicted molar refractivity (Wildman–Crippen MR) is 66.9 cm³/mol. The lowest BCUT2D eigenvalue weighted by Crippen LogP contribution is -2.52. The molecule has 0 aliphatic carbocycles. The molecule has 0 aromatic heterocycles. The molecule has 1 atom stereocenters. The molecule has 0 saturated carbocycles. The molecule has 17 heavy (non-hydrogen) atoms. The van der Waals surface area contributed by atoms with Gasteiger partial charge in [-0.15, -0.1) is 0 Å². The number of amides is 2. The number of hydrogen-bond donors (Lipinski definition) is 3. The molecule has 0 aliphatic heterocycles. The smallest absolute Gasteiger partial charge is 0.326 e. The molecule has 0 fully saturated rings. The fourth-order valence-electron chi connectivity index (χ4n) is 1.28. The normalized spacial score (nSPS) is 13.3. The van der Waals surface area contributed by atoms with Gasteiger partial charge in [0.1, 0.15) is 6.04 Å². The van der Waals surface area contributed by atoms with E-state index in [1.165, 1.54) is 0 Å². The van der Waals surface area contributed by atoms with Crippen molar-refractivity contribution in [3.8, 4) is 0 Å². The molecule has 0 aromatic carbocycles. The second kappa shape index (κ2) is 6.47. The number of rotatable bonds is 6. The third-order valence-electron chi connectivity index (χ3n) is 2.65. The Bertz CT molecular complexity index is 275. The summed E-state index contributed by atoms with van der Waals surface area (Å²) < 4.78 is 0. The van der Waals surface area contributed by atoms with Crippen molar-refractivity contribution in [2.24, 2.45) is 5.92 Å². The average molecular weight is 244 g/mol. The van der Waals surface area contributed by atoms with Gasteiger partial charge in [-0.05, 0) is 32.6 Å². The molecule has 1 unspecified atom stereocenters. The molecule has 0 saturated heterocycles. The number of aliphatic carboxylic acids is 1. The summed E-state index contributed by atoms with van der Waals surface area (Å²) in [5, 5.41) is 14.2. The molecule has 0 radical (unpaired) electrons. The quantitative estimate of drug-likeness (QED) is 0.668. The van der Waals surface area contributed by atoms with Crippen LogP contribution in [0.3, 0.4) is 0 Å². The van der Waals surface area contributed by atoms with E-state index in [9.17, 15) is 9.59 Å². The molecule has 100 valence electrons. The van der Waals surface area contributed by atoms with Gasteiger partial charge in [0.2, 0.25) is 0 Å². The summed E-state index contributed by atoms with van der Waals surface area (Å²) in [7, 11) is 0. The Morgan fingerprint density at radius 1 is 1.29 bits per heavy atom. The van der Waals surface area contributed by atoms with Crippen LogP contribution in [-0.2, 0) is 4.79 Å². The van der Waals surface area contributed by atoms with Gasteiger partial charge in [-0.2, -0.15) is 0 Å². The second-order valence-electron chi connectivity index (χ2n) is 5.36. The van der Waals surface area contributed by atoms with Crippen molar-refractivity contribution in [3.05, 3.63) is 0 Å². The highest BCUT2D eigenvalue weighted by atomic mass is 16.4. The van der Waals surface area contributed by atoms with Crippen molar-refractivity contribution in [2.75, 3.05) is 0 Å². The van der Waals surface area contributed by atoms with Crippen LogP contribution in [0.5, 0.6) is 0 Å². The van der Waals surface area contributed by atoms with E-state index in [1.54, 1.807) is 0 Å². The van der Waals surface area contributed by atoms with E-state index in [2.05, 4.69) is 10.6 Å². The first kappa shape index (κ1) is 15.7. The SMILES string of the molecule is CCC(C)(C)NC(=O)NC(CC(C)C)C(=O)O. The molecule has 5 heteroatoms. The molecule has 0 aromatic rings. The van der Waals surface area contributed by atoms with E-state index in [4.69, 9.17) is 5.11 Å². The first-order valence-corrected chi connectivity index (χ1v) is 5.99. The summed E-state index contributed by atoms with van der Waals surface area (Å²) >= 11 is 0. The topological polar surface area (TPSA) is 78.4 Å². The molecule has 3 N–H and O–H groups in total. The summed E-state index contributed by atoms with van der Waals surface area (Å²) in [6.07, 6.45) is 1.21. The van der Waals surface area contributed by atoms with Gasteiger partial charge in [0.05, 0.1) is 0 Å². The Hall–Kier alpha value is -1.26. The molecule has 0 spiro atoms. The van der Waals surface area contributed by atoms with Gasteiger partial charge < -0.3 is 15.7 Å². The minimum Gasteiger partial charge on any atom is -0.480 e. The fraction of sp³-hybridized carbons (Fsp3) is 0.833. The molecule has 0 aliphatic rings.